The maximum absolute atomic E-state index is 12.7. The fourth-order valence-corrected chi connectivity index (χ4v) is 3.23. The predicted octanol–water partition coefficient (Wildman–Crippen LogP) is 6.40. The third-order valence-electron chi connectivity index (χ3n) is 4.25. The molecule has 0 fully saturated rings. The lowest BCUT2D eigenvalue weighted by Crippen LogP contribution is -2.18. The molecule has 35 heavy (non-hydrogen) atoms. The first-order valence-electron chi connectivity index (χ1n) is 10.4. The Hall–Kier alpha value is -3.14. The highest BCUT2D eigenvalue weighted by atomic mass is 31.1. The zero-order chi connectivity index (χ0) is 26.0. The molecule has 8 nitrogen and oxygen atoms in total. The normalized spacial score (nSPS) is 14.0. The second kappa shape index (κ2) is 13.1. The Bertz CT molecular complexity index is 1010. The van der Waals surface area contributed by atoms with Gasteiger partial charge in [0.1, 0.15) is 17.2 Å². The molecule has 0 aliphatic carbocycles. The molecule has 0 spiro atoms. The summed E-state index contributed by atoms with van der Waals surface area (Å²) in [5, 5.41) is 0. The summed E-state index contributed by atoms with van der Waals surface area (Å²) in [5.74, 6) is 0.104. The van der Waals surface area contributed by atoms with Crippen LogP contribution >= 0.6 is 8.25 Å². The monoisotopic (exact) mass is 517 g/mol. The van der Waals surface area contributed by atoms with Gasteiger partial charge in [0, 0.05) is 11.7 Å². The first-order valence-corrected chi connectivity index (χ1v) is 11.5. The van der Waals surface area contributed by atoms with Gasteiger partial charge < -0.3 is 18.9 Å². The predicted molar refractivity (Wildman–Crippen MR) is 119 cm³/mol. The van der Waals surface area contributed by atoms with Gasteiger partial charge in [-0.15, -0.1) is 0 Å². The summed E-state index contributed by atoms with van der Waals surface area (Å²) >= 11 is 0. The van der Waals surface area contributed by atoms with E-state index >= 15 is 0 Å². The second-order valence-corrected chi connectivity index (χ2v) is 7.72. The van der Waals surface area contributed by atoms with Gasteiger partial charge in [0.05, 0.1) is 18.2 Å². The minimum atomic E-state index is -4.43. The Balaban J connectivity index is 2.06. The molecule has 0 aliphatic rings. The van der Waals surface area contributed by atoms with Crippen molar-refractivity contribution in [3.05, 3.63) is 65.9 Å². The molecule has 0 N–H and O–H groups in total. The van der Waals surface area contributed by atoms with Crippen LogP contribution in [0.15, 0.2) is 60.4 Å². The van der Waals surface area contributed by atoms with Gasteiger partial charge in [-0.3, -0.25) is 0 Å². The third-order valence-corrected chi connectivity index (χ3v) is 5.08. The minimum absolute atomic E-state index is 0.0991. The van der Waals surface area contributed by atoms with E-state index in [-0.39, 0.29) is 18.1 Å². The van der Waals surface area contributed by atoms with Crippen molar-refractivity contribution in [2.24, 2.45) is 0 Å². The second-order valence-electron chi connectivity index (χ2n) is 6.88. The molecule has 12 heteroatoms. The smallest absolute Gasteiger partial charge is 0.483 e. The molecule has 0 saturated heterocycles. The molecular weight excluding hydrogens is 492 g/mol. The van der Waals surface area contributed by atoms with Crippen molar-refractivity contribution in [2.75, 3.05) is 13.7 Å². The highest BCUT2D eigenvalue weighted by Gasteiger charge is 2.32. The van der Waals surface area contributed by atoms with Gasteiger partial charge in [0.2, 0.25) is 12.0 Å². The number of alkyl halides is 3. The molecule has 0 radical (unpaired) electrons. The fourth-order valence-electron chi connectivity index (χ4n) is 2.49. The maximum atomic E-state index is 12.7. The number of benzene rings is 2. The zero-order valence-corrected chi connectivity index (χ0v) is 20.3. The van der Waals surface area contributed by atoms with Crippen molar-refractivity contribution < 1.29 is 50.5 Å². The molecule has 2 aromatic rings. The third kappa shape index (κ3) is 9.56. The van der Waals surface area contributed by atoms with Crippen LogP contribution in [0, 0.1) is 0 Å². The number of esters is 1. The van der Waals surface area contributed by atoms with Crippen LogP contribution in [0.5, 0.6) is 17.2 Å². The lowest BCUT2D eigenvalue weighted by molar-refractivity contribution is -0.138. The number of ether oxygens (including phenoxy) is 4. The fraction of sp³-hybridized carbons (Fsp3) is 0.348. The SMILES string of the molecule is CCOC(=O)C=C(O[P+](=O)OC(C)OC)C(C)Oc1ccc(Oc2ccc(C(F)(F)F)cc2)cc1. The van der Waals surface area contributed by atoms with Crippen LogP contribution in [-0.4, -0.2) is 32.1 Å². The molecule has 0 amide bonds. The molecule has 0 aliphatic heterocycles. The van der Waals surface area contributed by atoms with Gasteiger partial charge in [-0.2, -0.15) is 13.2 Å². The molecular formula is C23H25F3O8P+. The number of methoxy groups -OCH3 is 1. The molecule has 0 saturated carbocycles. The minimum Gasteiger partial charge on any atom is -0.483 e. The Labute approximate surface area is 201 Å². The van der Waals surface area contributed by atoms with Gasteiger partial charge in [-0.25, -0.2) is 9.32 Å². The summed E-state index contributed by atoms with van der Waals surface area (Å²) in [6.45, 7) is 4.83. The van der Waals surface area contributed by atoms with Crippen LogP contribution in [0.2, 0.25) is 0 Å². The zero-order valence-electron chi connectivity index (χ0n) is 19.4. The van der Waals surface area contributed by atoms with Crippen LogP contribution in [0.25, 0.3) is 0 Å². The molecule has 0 heterocycles. The average molecular weight is 517 g/mol. The van der Waals surface area contributed by atoms with E-state index in [9.17, 15) is 22.5 Å². The van der Waals surface area contributed by atoms with E-state index in [0.29, 0.717) is 11.5 Å². The first-order chi connectivity index (χ1) is 16.5. The quantitative estimate of drug-likeness (QED) is 0.105. The van der Waals surface area contributed by atoms with Gasteiger partial charge in [-0.1, -0.05) is 4.52 Å². The number of hydrogen-bond donors (Lipinski definition) is 0. The van der Waals surface area contributed by atoms with Gasteiger partial charge in [-0.05, 0) is 69.3 Å². The van der Waals surface area contributed by atoms with Crippen molar-refractivity contribution in [1.82, 2.24) is 0 Å². The largest absolute Gasteiger partial charge is 0.752 e. The Morgan fingerprint density at radius 3 is 2.06 bits per heavy atom. The van der Waals surface area contributed by atoms with E-state index in [2.05, 4.69) is 0 Å². The van der Waals surface area contributed by atoms with Crippen LogP contribution in [0.1, 0.15) is 26.3 Å². The molecule has 0 aromatic heterocycles. The van der Waals surface area contributed by atoms with Crippen molar-refractivity contribution in [3.63, 3.8) is 0 Å². The van der Waals surface area contributed by atoms with Crippen molar-refractivity contribution in [2.45, 2.75) is 39.3 Å². The van der Waals surface area contributed by atoms with Crippen LogP contribution < -0.4 is 9.47 Å². The number of carbonyl (C=O) groups excluding carboxylic acids is 1. The van der Waals surface area contributed by atoms with Crippen molar-refractivity contribution >= 4 is 14.2 Å². The van der Waals surface area contributed by atoms with E-state index in [0.717, 1.165) is 18.2 Å². The standard InChI is InChI=1S/C23H25F3O8P/c1-5-30-22(27)14-21(34-35(28)33-16(3)29-4)15(2)31-18-10-12-20(13-11-18)32-19-8-6-17(7-9-19)23(24,25)26/h6-16H,5H2,1-4H3/q+1. The van der Waals surface area contributed by atoms with Crippen LogP contribution in [0.4, 0.5) is 13.2 Å². The number of carbonyl (C=O) groups is 1. The highest BCUT2D eigenvalue weighted by molar-refractivity contribution is 7.33. The molecule has 3 atom stereocenters. The molecule has 2 rings (SSSR count). The number of rotatable bonds is 12. The lowest BCUT2D eigenvalue weighted by Gasteiger charge is -2.15. The first kappa shape index (κ1) is 28.1. The Morgan fingerprint density at radius 2 is 1.54 bits per heavy atom. The van der Waals surface area contributed by atoms with E-state index in [4.69, 9.17) is 28.0 Å². The van der Waals surface area contributed by atoms with Gasteiger partial charge in [0.25, 0.3) is 0 Å². The number of hydrogen-bond acceptors (Lipinski definition) is 8. The maximum Gasteiger partial charge on any atom is 0.752 e. The van der Waals surface area contributed by atoms with E-state index in [1.807, 2.05) is 0 Å². The molecule has 0 bridgehead atoms. The lowest BCUT2D eigenvalue weighted by atomic mass is 10.2. The summed E-state index contributed by atoms with van der Waals surface area (Å²) < 4.78 is 81.4. The Morgan fingerprint density at radius 1 is 1.00 bits per heavy atom. The molecule has 190 valence electrons. The number of halogens is 3. The van der Waals surface area contributed by atoms with Crippen molar-refractivity contribution in [3.8, 4) is 17.2 Å². The topological polar surface area (TPSA) is 89.5 Å². The van der Waals surface area contributed by atoms with E-state index in [1.54, 1.807) is 38.1 Å². The van der Waals surface area contributed by atoms with Crippen molar-refractivity contribution in [1.29, 1.82) is 0 Å². The van der Waals surface area contributed by atoms with Gasteiger partial charge >= 0.3 is 20.4 Å². The van der Waals surface area contributed by atoms with E-state index < -0.39 is 38.4 Å². The summed E-state index contributed by atoms with van der Waals surface area (Å²) in [7, 11) is -1.32. The summed E-state index contributed by atoms with van der Waals surface area (Å²) in [5.41, 5.74) is -0.777. The van der Waals surface area contributed by atoms with Crippen LogP contribution in [-0.2, 0) is 34.1 Å². The summed E-state index contributed by atoms with van der Waals surface area (Å²) in [4.78, 5) is 11.9. The highest BCUT2D eigenvalue weighted by Crippen LogP contribution is 2.33. The summed E-state index contributed by atoms with van der Waals surface area (Å²) in [6.07, 6.45) is -5.11. The van der Waals surface area contributed by atoms with Crippen LogP contribution in [0.3, 0.4) is 0 Å². The van der Waals surface area contributed by atoms with Gasteiger partial charge in [0.15, 0.2) is 6.10 Å². The average Bonchev–Trinajstić information content (AvgIpc) is 2.79. The molecule has 3 unspecified atom stereocenters. The van der Waals surface area contributed by atoms with E-state index in [1.165, 1.54) is 26.2 Å². The summed E-state index contributed by atoms with van der Waals surface area (Å²) in [6, 6.07) is 10.4. The Kier molecular flexibility index (Phi) is 10.5. The molecule has 2 aromatic carbocycles.